The highest BCUT2D eigenvalue weighted by Gasteiger charge is 2.45. The van der Waals surface area contributed by atoms with Crippen LogP contribution in [0.25, 0.3) is 0 Å². The molecule has 0 radical (unpaired) electrons. The highest BCUT2D eigenvalue weighted by molar-refractivity contribution is 6.07. The molecule has 1 unspecified atom stereocenters. The van der Waals surface area contributed by atoms with Crippen LogP contribution in [-0.2, 0) is 9.59 Å². The van der Waals surface area contributed by atoms with Gasteiger partial charge in [-0.15, -0.1) is 0 Å². The number of hydrogen-bond donors (Lipinski definition) is 2. The second-order valence-corrected chi connectivity index (χ2v) is 7.45. The number of carbonyl (C=O) groups is 2. The van der Waals surface area contributed by atoms with Crippen molar-refractivity contribution in [3.05, 3.63) is 57.9 Å². The Morgan fingerprint density at radius 2 is 2.00 bits per heavy atom. The summed E-state index contributed by atoms with van der Waals surface area (Å²) < 4.78 is 28.5. The summed E-state index contributed by atoms with van der Waals surface area (Å²) >= 11 is 0. The van der Waals surface area contributed by atoms with Gasteiger partial charge < -0.3 is 10.6 Å². The highest BCUT2D eigenvalue weighted by Crippen LogP contribution is 2.47. The van der Waals surface area contributed by atoms with Gasteiger partial charge in [-0.2, -0.15) is 0 Å². The van der Waals surface area contributed by atoms with Gasteiger partial charge >= 0.3 is 0 Å². The number of allylic oxidation sites excluding steroid dienone is 3. The number of hydrogen-bond acceptors (Lipinski definition) is 3. The van der Waals surface area contributed by atoms with Crippen molar-refractivity contribution in [2.45, 2.75) is 39.5 Å². The molecule has 0 spiro atoms. The van der Waals surface area contributed by atoms with Gasteiger partial charge in [-0.05, 0) is 38.0 Å². The molecule has 6 heteroatoms. The number of Topliss-reactive ketones (excluding diaryl/α,β-unsaturated/α-hetero) is 1. The van der Waals surface area contributed by atoms with Crippen molar-refractivity contribution in [3.63, 3.8) is 0 Å². The number of halogens is 2. The van der Waals surface area contributed by atoms with E-state index < -0.39 is 28.9 Å². The molecule has 1 aliphatic heterocycles. The van der Waals surface area contributed by atoms with E-state index in [-0.39, 0.29) is 16.9 Å². The van der Waals surface area contributed by atoms with Crippen molar-refractivity contribution in [2.75, 3.05) is 7.05 Å². The van der Waals surface area contributed by atoms with E-state index in [2.05, 4.69) is 10.6 Å². The number of likely N-dealkylation sites (N-methyl/N-ethyl adjacent to an activating group) is 1. The lowest BCUT2D eigenvalue weighted by atomic mass is 9.67. The average molecular weight is 360 g/mol. The maximum atomic E-state index is 14.6. The van der Waals surface area contributed by atoms with Crippen molar-refractivity contribution < 1.29 is 18.4 Å². The maximum Gasteiger partial charge on any atom is 0.249 e. The summed E-state index contributed by atoms with van der Waals surface area (Å²) in [7, 11) is 1.47. The second-order valence-electron chi connectivity index (χ2n) is 7.45. The third-order valence-electron chi connectivity index (χ3n) is 5.24. The van der Waals surface area contributed by atoms with Crippen LogP contribution in [0, 0.1) is 17.0 Å². The molecule has 138 valence electrons. The lowest BCUT2D eigenvalue weighted by Gasteiger charge is -2.39. The fraction of sp³-hybridized carbons (Fsp3) is 0.400. The van der Waals surface area contributed by atoms with E-state index in [1.165, 1.54) is 7.05 Å². The first kappa shape index (κ1) is 18.3. The molecule has 0 fully saturated rings. The molecule has 4 nitrogen and oxygen atoms in total. The Kier molecular flexibility index (Phi) is 4.46. The fourth-order valence-corrected chi connectivity index (χ4v) is 3.76. The highest BCUT2D eigenvalue weighted by atomic mass is 19.1. The summed E-state index contributed by atoms with van der Waals surface area (Å²) in [5.74, 6) is -2.76. The second kappa shape index (κ2) is 6.34. The number of benzene rings is 1. The van der Waals surface area contributed by atoms with Crippen molar-refractivity contribution in [1.82, 2.24) is 10.6 Å². The van der Waals surface area contributed by atoms with Crippen LogP contribution in [-0.4, -0.2) is 18.7 Å². The van der Waals surface area contributed by atoms with Gasteiger partial charge in [0.25, 0.3) is 0 Å². The quantitative estimate of drug-likeness (QED) is 0.851. The number of nitrogens with one attached hydrogen (secondary N) is 2. The largest absolute Gasteiger partial charge is 0.362 e. The van der Waals surface area contributed by atoms with Gasteiger partial charge in [0.2, 0.25) is 5.91 Å². The summed E-state index contributed by atoms with van der Waals surface area (Å²) in [6, 6.07) is 3.13. The van der Waals surface area contributed by atoms with Crippen LogP contribution in [0.3, 0.4) is 0 Å². The normalized spacial score (nSPS) is 22.1. The van der Waals surface area contributed by atoms with Crippen LogP contribution in [0.15, 0.2) is 40.7 Å². The van der Waals surface area contributed by atoms with Crippen molar-refractivity contribution in [3.8, 4) is 0 Å². The predicted octanol–water partition coefficient (Wildman–Crippen LogP) is 3.31. The molecule has 0 saturated carbocycles. The van der Waals surface area contributed by atoms with E-state index in [9.17, 15) is 18.4 Å². The van der Waals surface area contributed by atoms with Crippen LogP contribution < -0.4 is 10.6 Å². The van der Waals surface area contributed by atoms with Crippen LogP contribution in [0.4, 0.5) is 8.78 Å². The summed E-state index contributed by atoms with van der Waals surface area (Å²) in [6.45, 7) is 5.38. The van der Waals surface area contributed by atoms with Gasteiger partial charge in [-0.1, -0.05) is 13.8 Å². The number of amides is 1. The van der Waals surface area contributed by atoms with Gasteiger partial charge in [0.05, 0.1) is 0 Å². The zero-order chi connectivity index (χ0) is 19.2. The summed E-state index contributed by atoms with van der Waals surface area (Å²) in [6.07, 6.45) is 1.26. The van der Waals surface area contributed by atoms with Crippen molar-refractivity contribution in [1.29, 1.82) is 0 Å². The molecule has 1 aromatic carbocycles. The van der Waals surface area contributed by atoms with Crippen LogP contribution in [0.2, 0.25) is 0 Å². The molecule has 1 heterocycles. The van der Waals surface area contributed by atoms with Gasteiger partial charge in [-0.25, -0.2) is 8.78 Å². The third-order valence-corrected chi connectivity index (χ3v) is 5.24. The Labute approximate surface area is 151 Å². The van der Waals surface area contributed by atoms with E-state index in [1.54, 1.807) is 6.92 Å². The fourth-order valence-electron chi connectivity index (χ4n) is 3.76. The SMILES string of the molecule is CNC(=O)C1=C(C)NC2=C(C(=O)C(C)(C)CC2)C1c1cc(F)ccc1F. The Balaban J connectivity index is 2.28. The summed E-state index contributed by atoms with van der Waals surface area (Å²) in [4.78, 5) is 25.7. The maximum absolute atomic E-state index is 14.6. The van der Waals surface area contributed by atoms with E-state index >= 15 is 0 Å². The van der Waals surface area contributed by atoms with Crippen LogP contribution in [0.1, 0.15) is 45.1 Å². The standard InChI is InChI=1S/C20H22F2N2O2/c1-10-15(19(26)23-4)16(12-9-11(21)5-6-13(12)22)17-14(24-10)7-8-20(2,3)18(17)25/h5-6,9,16,24H,7-8H2,1-4H3,(H,23,26). The average Bonchev–Trinajstić information content (AvgIpc) is 2.59. The smallest absolute Gasteiger partial charge is 0.249 e. The molecular weight excluding hydrogens is 338 g/mol. The summed E-state index contributed by atoms with van der Waals surface area (Å²) in [5.41, 5.74) is 1.21. The van der Waals surface area contributed by atoms with Crippen molar-refractivity contribution >= 4 is 11.7 Å². The minimum Gasteiger partial charge on any atom is -0.362 e. The summed E-state index contributed by atoms with van der Waals surface area (Å²) in [5, 5.41) is 5.69. The molecule has 26 heavy (non-hydrogen) atoms. The molecule has 0 saturated heterocycles. The molecule has 3 rings (SSSR count). The number of dihydropyridines is 1. The molecular formula is C20H22F2N2O2. The first-order chi connectivity index (χ1) is 12.2. The van der Waals surface area contributed by atoms with Crippen LogP contribution in [0.5, 0.6) is 0 Å². The van der Waals surface area contributed by atoms with Gasteiger partial charge in [0.15, 0.2) is 5.78 Å². The minimum absolute atomic E-state index is 0.00278. The first-order valence-corrected chi connectivity index (χ1v) is 8.60. The van der Waals surface area contributed by atoms with Gasteiger partial charge in [0, 0.05) is 46.5 Å². The van der Waals surface area contributed by atoms with Gasteiger partial charge in [0.1, 0.15) is 11.6 Å². The molecule has 1 atom stereocenters. The van der Waals surface area contributed by atoms with E-state index in [0.717, 1.165) is 18.2 Å². The lowest BCUT2D eigenvalue weighted by Crippen LogP contribution is -2.42. The minimum atomic E-state index is -0.936. The molecule has 2 aliphatic rings. The Bertz CT molecular complexity index is 869. The molecule has 0 aromatic heterocycles. The Hall–Kier alpha value is -2.50. The predicted molar refractivity (Wildman–Crippen MR) is 94.0 cm³/mol. The monoisotopic (exact) mass is 360 g/mol. The zero-order valence-corrected chi connectivity index (χ0v) is 15.3. The number of rotatable bonds is 2. The van der Waals surface area contributed by atoms with Crippen LogP contribution >= 0.6 is 0 Å². The third kappa shape index (κ3) is 2.83. The topological polar surface area (TPSA) is 58.2 Å². The van der Waals surface area contributed by atoms with E-state index in [1.807, 2.05) is 13.8 Å². The lowest BCUT2D eigenvalue weighted by molar-refractivity contribution is -0.124. The zero-order valence-electron chi connectivity index (χ0n) is 15.3. The van der Waals surface area contributed by atoms with Gasteiger partial charge in [-0.3, -0.25) is 9.59 Å². The molecule has 0 bridgehead atoms. The molecule has 1 amide bonds. The molecule has 1 aliphatic carbocycles. The van der Waals surface area contributed by atoms with Crippen molar-refractivity contribution in [2.24, 2.45) is 5.41 Å². The Morgan fingerprint density at radius 3 is 2.65 bits per heavy atom. The Morgan fingerprint density at radius 1 is 1.31 bits per heavy atom. The first-order valence-electron chi connectivity index (χ1n) is 8.60. The number of ketones is 1. The molecule has 1 aromatic rings. The number of carbonyl (C=O) groups excluding carboxylic acids is 2. The van der Waals surface area contributed by atoms with E-state index in [0.29, 0.717) is 29.8 Å². The van der Waals surface area contributed by atoms with E-state index in [4.69, 9.17) is 0 Å². The molecule has 2 N–H and O–H groups in total.